The van der Waals surface area contributed by atoms with Gasteiger partial charge in [0, 0.05) is 22.7 Å². The van der Waals surface area contributed by atoms with Crippen molar-refractivity contribution in [2.45, 2.75) is 17.9 Å². The number of aromatic nitrogens is 2. The summed E-state index contributed by atoms with van der Waals surface area (Å²) in [5, 5.41) is 4.92. The van der Waals surface area contributed by atoms with Crippen LogP contribution < -0.4 is 5.73 Å². The number of rotatable bonds is 5. The number of thioether (sulfide) groups is 1. The van der Waals surface area contributed by atoms with E-state index >= 15 is 0 Å². The summed E-state index contributed by atoms with van der Waals surface area (Å²) in [6.45, 7) is 0.894. The van der Waals surface area contributed by atoms with Gasteiger partial charge in [0.25, 0.3) is 0 Å². The molecule has 2 rings (SSSR count). The summed E-state index contributed by atoms with van der Waals surface area (Å²) in [5.41, 5.74) is 5.54. The van der Waals surface area contributed by atoms with Gasteiger partial charge in [-0.3, -0.25) is 4.68 Å². The first-order valence-corrected chi connectivity index (χ1v) is 6.78. The number of nitrogens with two attached hydrogens (primary N) is 1. The van der Waals surface area contributed by atoms with E-state index in [4.69, 9.17) is 17.3 Å². The third kappa shape index (κ3) is 3.98. The molecule has 0 aliphatic rings. The van der Waals surface area contributed by atoms with Crippen molar-refractivity contribution in [2.75, 3.05) is 11.5 Å². The van der Waals surface area contributed by atoms with E-state index < -0.39 is 0 Å². The average Bonchev–Trinajstić information content (AvgIpc) is 2.71. The fourth-order valence-corrected chi connectivity index (χ4v) is 2.62. The molecule has 5 heteroatoms. The SMILES string of the molecule is Nc1ccn(CCCSc2cccc(Cl)c2)n1. The molecule has 0 fully saturated rings. The van der Waals surface area contributed by atoms with Gasteiger partial charge in [0.15, 0.2) is 0 Å². The zero-order chi connectivity index (χ0) is 12.1. The second-order valence-corrected chi connectivity index (χ2v) is 5.27. The van der Waals surface area contributed by atoms with Crippen LogP contribution in [-0.2, 0) is 6.54 Å². The van der Waals surface area contributed by atoms with Crippen LogP contribution in [0.2, 0.25) is 5.02 Å². The number of nitrogens with zero attached hydrogens (tertiary/aromatic N) is 2. The molecule has 0 bridgehead atoms. The van der Waals surface area contributed by atoms with Gasteiger partial charge in [0.1, 0.15) is 5.82 Å². The standard InChI is InChI=1S/C12H14ClN3S/c13-10-3-1-4-11(9-10)17-8-2-6-16-7-5-12(14)15-16/h1,3-5,7,9H,2,6,8H2,(H2,14,15). The molecular weight excluding hydrogens is 254 g/mol. The molecule has 1 heterocycles. The number of aryl methyl sites for hydroxylation is 1. The van der Waals surface area contributed by atoms with Gasteiger partial charge in [-0.15, -0.1) is 11.8 Å². The van der Waals surface area contributed by atoms with Crippen LogP contribution in [0.25, 0.3) is 0 Å². The highest BCUT2D eigenvalue weighted by Crippen LogP contribution is 2.22. The van der Waals surface area contributed by atoms with E-state index in [1.54, 1.807) is 11.8 Å². The van der Waals surface area contributed by atoms with Gasteiger partial charge in [0.05, 0.1) is 0 Å². The zero-order valence-corrected chi connectivity index (χ0v) is 10.9. The van der Waals surface area contributed by atoms with E-state index in [2.05, 4.69) is 11.2 Å². The fraction of sp³-hybridized carbons (Fsp3) is 0.250. The van der Waals surface area contributed by atoms with E-state index in [1.807, 2.05) is 35.1 Å². The summed E-state index contributed by atoms with van der Waals surface area (Å²) >= 11 is 7.72. The predicted octanol–water partition coefficient (Wildman–Crippen LogP) is 3.30. The Morgan fingerprint density at radius 3 is 2.94 bits per heavy atom. The first-order chi connectivity index (χ1) is 8.24. The topological polar surface area (TPSA) is 43.8 Å². The van der Waals surface area contributed by atoms with Crippen molar-refractivity contribution >= 4 is 29.2 Å². The van der Waals surface area contributed by atoms with Crippen LogP contribution >= 0.6 is 23.4 Å². The number of nitrogen functional groups attached to an aromatic ring is 1. The third-order valence-electron chi connectivity index (χ3n) is 2.26. The van der Waals surface area contributed by atoms with Gasteiger partial charge < -0.3 is 5.73 Å². The Morgan fingerprint density at radius 2 is 2.24 bits per heavy atom. The minimum atomic E-state index is 0.576. The molecule has 0 atom stereocenters. The lowest BCUT2D eigenvalue weighted by atomic mass is 10.4. The van der Waals surface area contributed by atoms with Gasteiger partial charge in [-0.05, 0) is 36.4 Å². The Bertz CT molecular complexity index is 484. The van der Waals surface area contributed by atoms with Gasteiger partial charge in [-0.1, -0.05) is 17.7 Å². The van der Waals surface area contributed by atoms with Crippen molar-refractivity contribution in [1.82, 2.24) is 9.78 Å². The smallest absolute Gasteiger partial charge is 0.145 e. The lowest BCUT2D eigenvalue weighted by Gasteiger charge is -2.02. The highest BCUT2D eigenvalue weighted by Gasteiger charge is 1.97. The van der Waals surface area contributed by atoms with Crippen LogP contribution in [-0.4, -0.2) is 15.5 Å². The lowest BCUT2D eigenvalue weighted by molar-refractivity contribution is 0.608. The van der Waals surface area contributed by atoms with Gasteiger partial charge in [0.2, 0.25) is 0 Å². The van der Waals surface area contributed by atoms with Gasteiger partial charge >= 0.3 is 0 Å². The Kier molecular flexibility index (Phi) is 4.34. The van der Waals surface area contributed by atoms with E-state index in [-0.39, 0.29) is 0 Å². The van der Waals surface area contributed by atoms with Crippen molar-refractivity contribution in [2.24, 2.45) is 0 Å². The maximum absolute atomic E-state index is 5.91. The highest BCUT2D eigenvalue weighted by molar-refractivity contribution is 7.99. The summed E-state index contributed by atoms with van der Waals surface area (Å²) in [6, 6.07) is 9.72. The molecule has 17 heavy (non-hydrogen) atoms. The summed E-state index contributed by atoms with van der Waals surface area (Å²) in [7, 11) is 0. The number of halogens is 1. The highest BCUT2D eigenvalue weighted by atomic mass is 35.5. The molecule has 0 saturated carbocycles. The lowest BCUT2D eigenvalue weighted by Crippen LogP contribution is -2.00. The van der Waals surface area contributed by atoms with Crippen LogP contribution in [0.15, 0.2) is 41.4 Å². The summed E-state index contributed by atoms with van der Waals surface area (Å²) < 4.78 is 1.87. The average molecular weight is 268 g/mol. The molecule has 2 aromatic rings. The zero-order valence-electron chi connectivity index (χ0n) is 9.34. The van der Waals surface area contributed by atoms with E-state index in [0.29, 0.717) is 5.82 Å². The third-order valence-corrected chi connectivity index (χ3v) is 3.57. The van der Waals surface area contributed by atoms with Gasteiger partial charge in [-0.25, -0.2) is 0 Å². The second-order valence-electron chi connectivity index (χ2n) is 3.66. The van der Waals surface area contributed by atoms with Crippen molar-refractivity contribution in [3.8, 4) is 0 Å². The van der Waals surface area contributed by atoms with Crippen LogP contribution in [0, 0.1) is 0 Å². The molecular formula is C12H14ClN3S. The van der Waals surface area contributed by atoms with E-state index in [0.717, 1.165) is 23.7 Å². The Hall–Kier alpha value is -1.13. The van der Waals surface area contributed by atoms with Crippen LogP contribution in [0.5, 0.6) is 0 Å². The summed E-state index contributed by atoms with van der Waals surface area (Å²) in [5.74, 6) is 1.62. The Balaban J connectivity index is 1.73. The number of hydrogen-bond acceptors (Lipinski definition) is 3. The van der Waals surface area contributed by atoms with E-state index in [1.165, 1.54) is 4.90 Å². The van der Waals surface area contributed by atoms with Crippen molar-refractivity contribution in [3.05, 3.63) is 41.6 Å². The normalized spacial score (nSPS) is 10.6. The fourth-order valence-electron chi connectivity index (χ4n) is 1.48. The molecule has 0 saturated heterocycles. The molecule has 1 aromatic carbocycles. The first kappa shape index (κ1) is 12.3. The van der Waals surface area contributed by atoms with Gasteiger partial charge in [-0.2, -0.15) is 5.10 Å². The Morgan fingerprint density at radius 1 is 1.35 bits per heavy atom. The molecule has 0 spiro atoms. The summed E-state index contributed by atoms with van der Waals surface area (Å²) in [4.78, 5) is 1.21. The number of hydrogen-bond donors (Lipinski definition) is 1. The largest absolute Gasteiger partial charge is 0.382 e. The van der Waals surface area contributed by atoms with Crippen LogP contribution in [0.3, 0.4) is 0 Å². The molecule has 2 N–H and O–H groups in total. The predicted molar refractivity (Wildman–Crippen MR) is 73.4 cm³/mol. The molecule has 0 unspecified atom stereocenters. The van der Waals surface area contributed by atoms with Crippen LogP contribution in [0.4, 0.5) is 5.82 Å². The molecule has 90 valence electrons. The molecule has 0 aliphatic heterocycles. The maximum Gasteiger partial charge on any atom is 0.145 e. The molecule has 0 radical (unpaired) electrons. The van der Waals surface area contributed by atoms with E-state index in [9.17, 15) is 0 Å². The number of benzene rings is 1. The molecule has 3 nitrogen and oxygen atoms in total. The minimum absolute atomic E-state index is 0.576. The van der Waals surface area contributed by atoms with Crippen LogP contribution in [0.1, 0.15) is 6.42 Å². The van der Waals surface area contributed by atoms with Crippen molar-refractivity contribution in [1.29, 1.82) is 0 Å². The maximum atomic E-state index is 5.91. The molecule has 0 amide bonds. The van der Waals surface area contributed by atoms with Crippen molar-refractivity contribution in [3.63, 3.8) is 0 Å². The summed E-state index contributed by atoms with van der Waals surface area (Å²) in [6.07, 6.45) is 2.96. The second kappa shape index (κ2) is 5.98. The van der Waals surface area contributed by atoms with Crippen molar-refractivity contribution < 1.29 is 0 Å². The number of anilines is 1. The first-order valence-electron chi connectivity index (χ1n) is 5.41. The molecule has 0 aliphatic carbocycles. The monoisotopic (exact) mass is 267 g/mol. The Labute approximate surface area is 110 Å². The minimum Gasteiger partial charge on any atom is -0.382 e. The molecule has 1 aromatic heterocycles. The quantitative estimate of drug-likeness (QED) is 0.668.